The molecule has 0 spiro atoms. The lowest BCUT2D eigenvalue weighted by atomic mass is 10.4. The highest BCUT2D eigenvalue weighted by Crippen LogP contribution is 2.30. The molecule has 2 heterocycles. The van der Waals surface area contributed by atoms with E-state index in [1.54, 1.807) is 4.90 Å². The van der Waals surface area contributed by atoms with E-state index < -0.39 is 0 Å². The van der Waals surface area contributed by atoms with Crippen LogP contribution in [0.4, 0.5) is 5.13 Å². The molecule has 0 aliphatic carbocycles. The molecule has 1 unspecified atom stereocenters. The molecule has 1 aliphatic heterocycles. The van der Waals surface area contributed by atoms with Gasteiger partial charge in [-0.25, -0.2) is 0 Å². The van der Waals surface area contributed by atoms with Gasteiger partial charge in [0.1, 0.15) is 5.01 Å². The van der Waals surface area contributed by atoms with E-state index in [9.17, 15) is 9.59 Å². The van der Waals surface area contributed by atoms with Crippen molar-refractivity contribution in [3.8, 4) is 0 Å². The van der Waals surface area contributed by atoms with Crippen LogP contribution in [0.15, 0.2) is 0 Å². The second-order valence-corrected chi connectivity index (χ2v) is 6.18. The number of carbonyl (C=O) groups excluding carboxylic acids is 2. The molecule has 0 radical (unpaired) electrons. The SMILES string of the molecule is CC(=O)SC1CC(=O)N(c2nnc(C)s2)C1. The Labute approximate surface area is 101 Å². The second kappa shape index (κ2) is 4.50. The normalized spacial score (nSPS) is 20.5. The van der Waals surface area contributed by atoms with Gasteiger partial charge in [-0.2, -0.15) is 0 Å². The quantitative estimate of drug-likeness (QED) is 0.797. The summed E-state index contributed by atoms with van der Waals surface area (Å²) >= 11 is 2.62. The fourth-order valence-corrected chi connectivity index (χ4v) is 3.20. The maximum Gasteiger partial charge on any atom is 0.230 e. The lowest BCUT2D eigenvalue weighted by Gasteiger charge is -2.10. The molecule has 0 N–H and O–H groups in total. The van der Waals surface area contributed by atoms with Crippen molar-refractivity contribution in [3.05, 3.63) is 5.01 Å². The van der Waals surface area contributed by atoms with Gasteiger partial charge in [0, 0.05) is 25.1 Å². The van der Waals surface area contributed by atoms with Gasteiger partial charge in [0.2, 0.25) is 11.0 Å². The number of carbonyl (C=O) groups is 2. The minimum Gasteiger partial charge on any atom is -0.288 e. The number of anilines is 1. The average molecular weight is 257 g/mol. The lowest BCUT2D eigenvalue weighted by molar-refractivity contribution is -0.117. The third-order valence-corrected chi connectivity index (χ3v) is 4.01. The van der Waals surface area contributed by atoms with Crippen LogP contribution < -0.4 is 4.90 Å². The van der Waals surface area contributed by atoms with Crippen molar-refractivity contribution in [2.75, 3.05) is 11.4 Å². The number of hydrogen-bond acceptors (Lipinski definition) is 6. The molecule has 1 aromatic heterocycles. The molecule has 0 saturated carbocycles. The van der Waals surface area contributed by atoms with E-state index in [0.29, 0.717) is 18.1 Å². The zero-order valence-electron chi connectivity index (χ0n) is 8.97. The summed E-state index contributed by atoms with van der Waals surface area (Å²) in [5.74, 6) is 0.0231. The van der Waals surface area contributed by atoms with Crippen LogP contribution in [0.2, 0.25) is 0 Å². The predicted octanol–water partition coefficient (Wildman–Crippen LogP) is 1.23. The number of thioether (sulfide) groups is 1. The summed E-state index contributed by atoms with van der Waals surface area (Å²) in [5, 5.41) is 9.39. The Hall–Kier alpha value is -0.950. The van der Waals surface area contributed by atoms with Gasteiger partial charge in [0.15, 0.2) is 5.12 Å². The van der Waals surface area contributed by atoms with E-state index in [-0.39, 0.29) is 16.3 Å². The molecule has 0 aromatic carbocycles. The number of hydrogen-bond donors (Lipinski definition) is 0. The van der Waals surface area contributed by atoms with Crippen molar-refractivity contribution in [1.29, 1.82) is 0 Å². The molecule has 1 saturated heterocycles. The highest BCUT2D eigenvalue weighted by Gasteiger charge is 2.33. The minimum atomic E-state index is 0.0231. The molecule has 5 nitrogen and oxygen atoms in total. The molecule has 7 heteroatoms. The van der Waals surface area contributed by atoms with Gasteiger partial charge >= 0.3 is 0 Å². The third-order valence-electron chi connectivity index (χ3n) is 2.17. The summed E-state index contributed by atoms with van der Waals surface area (Å²) < 4.78 is 0. The number of rotatable bonds is 2. The van der Waals surface area contributed by atoms with Gasteiger partial charge in [0.25, 0.3) is 0 Å². The highest BCUT2D eigenvalue weighted by molar-refractivity contribution is 8.14. The lowest BCUT2D eigenvalue weighted by Crippen LogP contribution is -2.24. The Bertz CT molecular complexity index is 432. The van der Waals surface area contributed by atoms with Gasteiger partial charge in [0.05, 0.1) is 0 Å². The van der Waals surface area contributed by atoms with Crippen molar-refractivity contribution >= 4 is 39.3 Å². The van der Waals surface area contributed by atoms with E-state index in [2.05, 4.69) is 10.2 Å². The molecule has 1 atom stereocenters. The van der Waals surface area contributed by atoms with Gasteiger partial charge in [-0.05, 0) is 6.92 Å². The Balaban J connectivity index is 2.08. The predicted molar refractivity (Wildman–Crippen MR) is 63.7 cm³/mol. The number of nitrogens with zero attached hydrogens (tertiary/aromatic N) is 3. The largest absolute Gasteiger partial charge is 0.288 e. The van der Waals surface area contributed by atoms with Crippen LogP contribution in [0.1, 0.15) is 18.4 Å². The van der Waals surface area contributed by atoms with Crippen LogP contribution in [0.3, 0.4) is 0 Å². The smallest absolute Gasteiger partial charge is 0.230 e. The molecule has 1 aromatic rings. The van der Waals surface area contributed by atoms with E-state index in [1.807, 2.05) is 6.92 Å². The number of aryl methyl sites for hydroxylation is 1. The molecular weight excluding hydrogens is 246 g/mol. The van der Waals surface area contributed by atoms with Crippen LogP contribution >= 0.6 is 23.1 Å². The first kappa shape index (κ1) is 11.5. The first-order valence-corrected chi connectivity index (χ1v) is 6.53. The molecule has 1 fully saturated rings. The molecule has 16 heavy (non-hydrogen) atoms. The Morgan fingerprint density at radius 2 is 2.31 bits per heavy atom. The van der Waals surface area contributed by atoms with E-state index >= 15 is 0 Å². The maximum absolute atomic E-state index is 11.7. The maximum atomic E-state index is 11.7. The minimum absolute atomic E-state index is 0.0231. The van der Waals surface area contributed by atoms with E-state index in [4.69, 9.17) is 0 Å². The summed E-state index contributed by atoms with van der Waals surface area (Å²) in [4.78, 5) is 24.3. The van der Waals surface area contributed by atoms with Crippen molar-refractivity contribution < 1.29 is 9.59 Å². The summed E-state index contributed by atoms with van der Waals surface area (Å²) in [5.41, 5.74) is 0. The van der Waals surface area contributed by atoms with Gasteiger partial charge in [-0.3, -0.25) is 14.5 Å². The Kier molecular flexibility index (Phi) is 3.25. The number of aromatic nitrogens is 2. The van der Waals surface area contributed by atoms with Gasteiger partial charge in [-0.15, -0.1) is 10.2 Å². The van der Waals surface area contributed by atoms with Crippen molar-refractivity contribution in [2.24, 2.45) is 0 Å². The standard InChI is InChI=1S/C9H11N3O2S2/c1-5-10-11-9(15-5)12-4-7(3-8(12)14)16-6(2)13/h7H,3-4H2,1-2H3. The van der Waals surface area contributed by atoms with Gasteiger partial charge < -0.3 is 0 Å². The fraction of sp³-hybridized carbons (Fsp3) is 0.556. The monoisotopic (exact) mass is 257 g/mol. The highest BCUT2D eigenvalue weighted by atomic mass is 32.2. The fourth-order valence-electron chi connectivity index (χ4n) is 1.57. The van der Waals surface area contributed by atoms with Gasteiger partial charge in [-0.1, -0.05) is 23.1 Å². The van der Waals surface area contributed by atoms with Crippen LogP contribution in [0.25, 0.3) is 0 Å². The van der Waals surface area contributed by atoms with Crippen LogP contribution in [0, 0.1) is 6.92 Å². The Morgan fingerprint density at radius 3 is 2.88 bits per heavy atom. The van der Waals surface area contributed by atoms with E-state index in [1.165, 1.54) is 30.0 Å². The molecular formula is C9H11N3O2S2. The summed E-state index contributed by atoms with van der Waals surface area (Å²) in [6, 6.07) is 0. The Morgan fingerprint density at radius 1 is 1.56 bits per heavy atom. The van der Waals surface area contributed by atoms with Crippen molar-refractivity contribution in [2.45, 2.75) is 25.5 Å². The zero-order valence-corrected chi connectivity index (χ0v) is 10.6. The topological polar surface area (TPSA) is 63.2 Å². The zero-order chi connectivity index (χ0) is 11.7. The van der Waals surface area contributed by atoms with Crippen LogP contribution in [0.5, 0.6) is 0 Å². The first-order chi connectivity index (χ1) is 7.56. The van der Waals surface area contributed by atoms with Crippen molar-refractivity contribution in [1.82, 2.24) is 10.2 Å². The summed E-state index contributed by atoms with van der Waals surface area (Å²) in [6.45, 7) is 3.92. The van der Waals surface area contributed by atoms with Crippen LogP contribution in [-0.4, -0.2) is 33.0 Å². The first-order valence-electron chi connectivity index (χ1n) is 4.84. The summed E-state index contributed by atoms with van der Waals surface area (Å²) in [7, 11) is 0. The average Bonchev–Trinajstić information content (AvgIpc) is 2.72. The number of amides is 1. The second-order valence-electron chi connectivity index (χ2n) is 3.54. The molecule has 0 bridgehead atoms. The summed E-state index contributed by atoms with van der Waals surface area (Å²) in [6.07, 6.45) is 0.406. The molecule has 1 amide bonds. The third kappa shape index (κ3) is 2.41. The molecule has 2 rings (SSSR count). The molecule has 1 aliphatic rings. The molecule has 86 valence electrons. The van der Waals surface area contributed by atoms with Crippen molar-refractivity contribution in [3.63, 3.8) is 0 Å². The van der Waals surface area contributed by atoms with Crippen LogP contribution in [-0.2, 0) is 9.59 Å². The van der Waals surface area contributed by atoms with E-state index in [0.717, 1.165) is 5.01 Å².